The molecule has 0 atom stereocenters. The maximum Gasteiger partial charge on any atom is 0.336 e. The Morgan fingerprint density at radius 2 is 1.94 bits per heavy atom. The molecule has 0 aliphatic carbocycles. The lowest BCUT2D eigenvalue weighted by atomic mass is 10.0. The highest BCUT2D eigenvalue weighted by molar-refractivity contribution is 5.93. The summed E-state index contributed by atoms with van der Waals surface area (Å²) < 4.78 is 4.73. The molecule has 0 unspecified atom stereocenters. The van der Waals surface area contributed by atoms with Gasteiger partial charge in [0.05, 0.1) is 11.8 Å². The largest absolute Gasteiger partial charge is 0.431 e. The maximum atomic E-state index is 11.2. The summed E-state index contributed by atoms with van der Waals surface area (Å²) in [5.41, 5.74) is 2.41. The van der Waals surface area contributed by atoms with E-state index < -0.39 is 0 Å². The summed E-state index contributed by atoms with van der Waals surface area (Å²) in [6, 6.07) is 13.0. The smallest absolute Gasteiger partial charge is 0.336 e. The molecule has 17 heavy (non-hydrogen) atoms. The molecule has 0 spiro atoms. The Morgan fingerprint density at radius 1 is 1.06 bits per heavy atom. The number of benzene rings is 1. The van der Waals surface area contributed by atoms with Gasteiger partial charge in [0.25, 0.3) is 0 Å². The molecule has 0 N–H and O–H groups in total. The van der Waals surface area contributed by atoms with Crippen molar-refractivity contribution in [2.24, 2.45) is 0 Å². The van der Waals surface area contributed by atoms with Crippen molar-refractivity contribution in [3.63, 3.8) is 0 Å². The molecule has 82 valence electrons. The Labute approximate surface area is 97.4 Å². The van der Waals surface area contributed by atoms with Gasteiger partial charge in [0, 0.05) is 17.6 Å². The van der Waals surface area contributed by atoms with Gasteiger partial charge in [-0.05, 0) is 29.3 Å². The molecule has 3 aromatic rings. The minimum absolute atomic E-state index is 0.344. The van der Waals surface area contributed by atoms with E-state index in [-0.39, 0.29) is 5.63 Å². The van der Waals surface area contributed by atoms with Crippen LogP contribution in [0.5, 0.6) is 0 Å². The summed E-state index contributed by atoms with van der Waals surface area (Å²) in [7, 11) is 0. The van der Waals surface area contributed by atoms with Gasteiger partial charge < -0.3 is 4.42 Å². The molecule has 0 saturated carbocycles. The molecule has 0 aliphatic rings. The lowest BCUT2D eigenvalue weighted by molar-refractivity contribution is 0.511. The number of hydrogen-bond donors (Lipinski definition) is 0. The zero-order valence-electron chi connectivity index (χ0n) is 8.96. The quantitative estimate of drug-likeness (QED) is 0.637. The standard InChI is InChI=1S/C14H9NO2/c16-14-9-10(6-8-17-14)11-5-7-15-13-4-2-1-3-12(11)13/h1-9H. The first-order valence-corrected chi connectivity index (χ1v) is 5.27. The second-order valence-electron chi connectivity index (χ2n) is 3.71. The summed E-state index contributed by atoms with van der Waals surface area (Å²) >= 11 is 0. The molecule has 0 saturated heterocycles. The molecule has 0 amide bonds. The third kappa shape index (κ3) is 1.72. The number of nitrogens with zero attached hydrogens (tertiary/aromatic N) is 1. The van der Waals surface area contributed by atoms with Crippen molar-refractivity contribution in [1.29, 1.82) is 0 Å². The van der Waals surface area contributed by atoms with Crippen molar-refractivity contribution in [3.8, 4) is 11.1 Å². The van der Waals surface area contributed by atoms with Gasteiger partial charge in [-0.1, -0.05) is 18.2 Å². The van der Waals surface area contributed by atoms with Crippen molar-refractivity contribution in [2.45, 2.75) is 0 Å². The zero-order valence-corrected chi connectivity index (χ0v) is 8.96. The Morgan fingerprint density at radius 3 is 2.82 bits per heavy atom. The third-order valence-corrected chi connectivity index (χ3v) is 2.67. The molecule has 0 aliphatic heterocycles. The summed E-state index contributed by atoms with van der Waals surface area (Å²) in [6.45, 7) is 0. The number of aromatic nitrogens is 1. The predicted molar refractivity (Wildman–Crippen MR) is 65.7 cm³/mol. The van der Waals surface area contributed by atoms with Gasteiger partial charge in [-0.2, -0.15) is 0 Å². The highest BCUT2D eigenvalue weighted by Crippen LogP contribution is 2.25. The Kier molecular flexibility index (Phi) is 2.22. The van der Waals surface area contributed by atoms with Crippen molar-refractivity contribution in [2.75, 3.05) is 0 Å². The Hall–Kier alpha value is -2.42. The molecule has 2 heterocycles. The first kappa shape index (κ1) is 9.78. The fourth-order valence-electron chi connectivity index (χ4n) is 1.90. The van der Waals surface area contributed by atoms with Crippen LogP contribution in [0.1, 0.15) is 0 Å². The Bertz CT molecular complexity index is 726. The number of pyridine rings is 1. The van der Waals surface area contributed by atoms with Crippen molar-refractivity contribution < 1.29 is 4.42 Å². The fourth-order valence-corrected chi connectivity index (χ4v) is 1.90. The van der Waals surface area contributed by atoms with Gasteiger partial charge >= 0.3 is 5.63 Å². The monoisotopic (exact) mass is 223 g/mol. The Balaban J connectivity index is 2.34. The molecule has 3 nitrogen and oxygen atoms in total. The van der Waals surface area contributed by atoms with Gasteiger partial charge in [0.2, 0.25) is 0 Å². The molecule has 2 aromatic heterocycles. The minimum atomic E-state index is -0.344. The van der Waals surface area contributed by atoms with Gasteiger partial charge in [-0.15, -0.1) is 0 Å². The first-order valence-electron chi connectivity index (χ1n) is 5.27. The summed E-state index contributed by atoms with van der Waals surface area (Å²) in [5, 5.41) is 1.03. The number of hydrogen-bond acceptors (Lipinski definition) is 3. The fraction of sp³-hybridized carbons (Fsp3) is 0. The summed E-state index contributed by atoms with van der Waals surface area (Å²) in [4.78, 5) is 15.5. The SMILES string of the molecule is O=c1cc(-c2ccnc3ccccc23)cco1. The van der Waals surface area contributed by atoms with E-state index in [9.17, 15) is 4.79 Å². The summed E-state index contributed by atoms with van der Waals surface area (Å²) in [6.07, 6.45) is 3.15. The van der Waals surface area contributed by atoms with Crippen LogP contribution in [0, 0.1) is 0 Å². The van der Waals surface area contributed by atoms with E-state index in [1.807, 2.05) is 30.3 Å². The van der Waals surface area contributed by atoms with E-state index >= 15 is 0 Å². The number of para-hydroxylation sites is 1. The van der Waals surface area contributed by atoms with E-state index in [4.69, 9.17) is 4.42 Å². The van der Waals surface area contributed by atoms with E-state index in [0.717, 1.165) is 22.0 Å². The third-order valence-electron chi connectivity index (χ3n) is 2.67. The van der Waals surface area contributed by atoms with E-state index in [1.54, 1.807) is 12.3 Å². The average Bonchev–Trinajstić information content (AvgIpc) is 2.38. The maximum absolute atomic E-state index is 11.2. The van der Waals surface area contributed by atoms with Crippen LogP contribution in [0.4, 0.5) is 0 Å². The lowest BCUT2D eigenvalue weighted by Crippen LogP contribution is -1.95. The normalized spacial score (nSPS) is 10.6. The molecular formula is C14H9NO2. The molecule has 0 bridgehead atoms. The van der Waals surface area contributed by atoms with E-state index in [1.165, 1.54) is 12.3 Å². The van der Waals surface area contributed by atoms with Crippen LogP contribution < -0.4 is 5.63 Å². The van der Waals surface area contributed by atoms with Crippen molar-refractivity contribution in [3.05, 3.63) is 65.3 Å². The van der Waals surface area contributed by atoms with Crippen LogP contribution >= 0.6 is 0 Å². The molecule has 0 fully saturated rings. The van der Waals surface area contributed by atoms with Gasteiger partial charge in [-0.3, -0.25) is 4.98 Å². The van der Waals surface area contributed by atoms with Crippen LogP contribution in [-0.4, -0.2) is 4.98 Å². The van der Waals surface area contributed by atoms with Crippen LogP contribution in [0.2, 0.25) is 0 Å². The highest BCUT2D eigenvalue weighted by Gasteiger charge is 2.04. The van der Waals surface area contributed by atoms with Crippen LogP contribution in [-0.2, 0) is 0 Å². The number of rotatable bonds is 1. The zero-order chi connectivity index (χ0) is 11.7. The molecule has 1 aromatic carbocycles. The topological polar surface area (TPSA) is 43.1 Å². The summed E-state index contributed by atoms with van der Waals surface area (Å²) in [5.74, 6) is 0. The van der Waals surface area contributed by atoms with Crippen LogP contribution in [0.3, 0.4) is 0 Å². The van der Waals surface area contributed by atoms with Gasteiger partial charge in [0.15, 0.2) is 0 Å². The molecule has 3 rings (SSSR count). The predicted octanol–water partition coefficient (Wildman–Crippen LogP) is 2.86. The average molecular weight is 223 g/mol. The lowest BCUT2D eigenvalue weighted by Gasteiger charge is -2.04. The first-order chi connectivity index (χ1) is 8.34. The van der Waals surface area contributed by atoms with E-state index in [0.29, 0.717) is 0 Å². The highest BCUT2D eigenvalue weighted by atomic mass is 16.4. The molecular weight excluding hydrogens is 214 g/mol. The van der Waals surface area contributed by atoms with Gasteiger partial charge in [-0.25, -0.2) is 4.79 Å². The molecule has 3 heteroatoms. The van der Waals surface area contributed by atoms with Crippen molar-refractivity contribution >= 4 is 10.9 Å². The van der Waals surface area contributed by atoms with Crippen molar-refractivity contribution in [1.82, 2.24) is 4.98 Å². The number of fused-ring (bicyclic) bond motifs is 1. The minimum Gasteiger partial charge on any atom is -0.431 e. The molecule has 0 radical (unpaired) electrons. The van der Waals surface area contributed by atoms with E-state index in [2.05, 4.69) is 4.98 Å². The van der Waals surface area contributed by atoms with Gasteiger partial charge in [0.1, 0.15) is 0 Å². The van der Waals surface area contributed by atoms with Crippen LogP contribution in [0.25, 0.3) is 22.0 Å². The second kappa shape index (κ2) is 3.87. The van der Waals surface area contributed by atoms with Crippen LogP contribution in [0.15, 0.2) is 64.1 Å². The second-order valence-corrected chi connectivity index (χ2v) is 3.71.